The summed E-state index contributed by atoms with van der Waals surface area (Å²) in [5.74, 6) is 0.865. The minimum Gasteiger partial charge on any atom is -0.377 e. The van der Waals surface area contributed by atoms with Gasteiger partial charge in [-0.2, -0.15) is 0 Å². The van der Waals surface area contributed by atoms with Crippen molar-refractivity contribution >= 4 is 15.9 Å². The molecular weight excluding hydrogens is 242 g/mol. The largest absolute Gasteiger partial charge is 0.377 e. The lowest BCUT2D eigenvalue weighted by molar-refractivity contribution is -0.0698. The van der Waals surface area contributed by atoms with Crippen LogP contribution in [-0.4, -0.2) is 42.6 Å². The van der Waals surface area contributed by atoms with E-state index in [0.29, 0.717) is 6.10 Å². The van der Waals surface area contributed by atoms with Crippen molar-refractivity contribution in [3.63, 3.8) is 0 Å². The van der Waals surface area contributed by atoms with Gasteiger partial charge in [-0.3, -0.25) is 0 Å². The fourth-order valence-corrected chi connectivity index (χ4v) is 2.93. The molecule has 3 heteroatoms. The van der Waals surface area contributed by atoms with Crippen molar-refractivity contribution < 1.29 is 4.74 Å². The molecule has 14 heavy (non-hydrogen) atoms. The number of hydrogen-bond donors (Lipinski definition) is 0. The molecule has 0 aromatic heterocycles. The highest BCUT2D eigenvalue weighted by atomic mass is 79.9. The number of unbranched alkanes of at least 4 members (excludes halogenated alkanes) is 1. The molecule has 0 aromatic carbocycles. The predicted octanol–water partition coefficient (Wildman–Crippen LogP) is 2.27. The molecule has 1 atom stereocenters. The van der Waals surface area contributed by atoms with Gasteiger partial charge in [0.25, 0.3) is 0 Å². The fraction of sp³-hybridized carbons (Fsp3) is 1.00. The van der Waals surface area contributed by atoms with Gasteiger partial charge in [-0.15, -0.1) is 0 Å². The van der Waals surface area contributed by atoms with Gasteiger partial charge in [0.05, 0.1) is 6.10 Å². The monoisotopic (exact) mass is 261 g/mol. The average Bonchev–Trinajstić information content (AvgIpc) is 2.26. The molecular formula is C11H20BrNO. The quantitative estimate of drug-likeness (QED) is 0.556. The summed E-state index contributed by atoms with van der Waals surface area (Å²) in [6.07, 6.45) is 5.72. The van der Waals surface area contributed by atoms with Gasteiger partial charge < -0.3 is 9.64 Å². The van der Waals surface area contributed by atoms with Gasteiger partial charge in [-0.1, -0.05) is 15.9 Å². The van der Waals surface area contributed by atoms with Crippen LogP contribution in [0.25, 0.3) is 0 Å². The normalized spacial score (nSPS) is 36.2. The van der Waals surface area contributed by atoms with Gasteiger partial charge >= 0.3 is 0 Å². The Morgan fingerprint density at radius 2 is 2.00 bits per heavy atom. The molecule has 0 spiro atoms. The SMILES string of the molecule is BrCCCCOC1CN2CCC1CC2. The first-order valence-electron chi connectivity index (χ1n) is 5.80. The van der Waals surface area contributed by atoms with E-state index < -0.39 is 0 Å². The first kappa shape index (κ1) is 10.9. The van der Waals surface area contributed by atoms with Gasteiger partial charge in [0.1, 0.15) is 0 Å². The molecule has 2 bridgehead atoms. The highest BCUT2D eigenvalue weighted by Gasteiger charge is 2.34. The second-order valence-electron chi connectivity index (χ2n) is 4.44. The van der Waals surface area contributed by atoms with Crippen LogP contribution >= 0.6 is 15.9 Å². The van der Waals surface area contributed by atoms with Crippen LogP contribution in [-0.2, 0) is 4.74 Å². The molecule has 3 saturated heterocycles. The molecule has 2 nitrogen and oxygen atoms in total. The lowest BCUT2D eigenvalue weighted by Gasteiger charge is -2.44. The Morgan fingerprint density at radius 3 is 2.57 bits per heavy atom. The number of nitrogens with zero attached hydrogens (tertiary/aromatic N) is 1. The minimum absolute atomic E-state index is 0.549. The van der Waals surface area contributed by atoms with Crippen LogP contribution in [0.15, 0.2) is 0 Å². The molecule has 0 amide bonds. The molecule has 0 aliphatic carbocycles. The Kier molecular flexibility index (Phi) is 4.26. The molecule has 0 saturated carbocycles. The van der Waals surface area contributed by atoms with Gasteiger partial charge in [0.15, 0.2) is 0 Å². The first-order valence-corrected chi connectivity index (χ1v) is 6.92. The Bertz CT molecular complexity index is 169. The minimum atomic E-state index is 0.549. The van der Waals surface area contributed by atoms with Crippen molar-refractivity contribution in [2.24, 2.45) is 5.92 Å². The van der Waals surface area contributed by atoms with Crippen molar-refractivity contribution in [2.45, 2.75) is 31.8 Å². The van der Waals surface area contributed by atoms with Gasteiger partial charge in [-0.05, 0) is 44.7 Å². The van der Waals surface area contributed by atoms with E-state index in [1.54, 1.807) is 0 Å². The maximum Gasteiger partial charge on any atom is 0.0731 e. The average molecular weight is 262 g/mol. The Morgan fingerprint density at radius 1 is 1.21 bits per heavy atom. The number of rotatable bonds is 5. The summed E-state index contributed by atoms with van der Waals surface area (Å²) >= 11 is 3.44. The van der Waals surface area contributed by atoms with Crippen LogP contribution in [0.2, 0.25) is 0 Å². The molecule has 0 N–H and O–H groups in total. The smallest absolute Gasteiger partial charge is 0.0731 e. The van der Waals surface area contributed by atoms with Crippen molar-refractivity contribution in [1.29, 1.82) is 0 Å². The summed E-state index contributed by atoms with van der Waals surface area (Å²) in [4.78, 5) is 2.55. The molecule has 3 fully saturated rings. The Hall–Kier alpha value is 0.400. The fourth-order valence-electron chi connectivity index (χ4n) is 2.53. The number of ether oxygens (including phenoxy) is 1. The van der Waals surface area contributed by atoms with Crippen LogP contribution in [0, 0.1) is 5.92 Å². The second-order valence-corrected chi connectivity index (χ2v) is 5.24. The zero-order valence-corrected chi connectivity index (χ0v) is 10.3. The van der Waals surface area contributed by atoms with Gasteiger partial charge in [0.2, 0.25) is 0 Å². The standard InChI is InChI=1S/C11H20BrNO/c12-5-1-2-8-14-11-9-13-6-3-10(11)4-7-13/h10-11H,1-9H2. The maximum absolute atomic E-state index is 5.96. The van der Waals surface area contributed by atoms with Crippen molar-refractivity contribution in [3.05, 3.63) is 0 Å². The molecule has 3 aliphatic rings. The van der Waals surface area contributed by atoms with Crippen LogP contribution in [0.3, 0.4) is 0 Å². The zero-order chi connectivity index (χ0) is 9.80. The van der Waals surface area contributed by atoms with E-state index in [2.05, 4.69) is 20.8 Å². The molecule has 82 valence electrons. The van der Waals surface area contributed by atoms with Crippen LogP contribution in [0.1, 0.15) is 25.7 Å². The lowest BCUT2D eigenvalue weighted by Crippen LogP contribution is -2.51. The van der Waals surface area contributed by atoms with E-state index in [4.69, 9.17) is 4.74 Å². The summed E-state index contributed by atoms with van der Waals surface area (Å²) < 4.78 is 5.96. The summed E-state index contributed by atoms with van der Waals surface area (Å²) in [5, 5.41) is 1.11. The van der Waals surface area contributed by atoms with E-state index >= 15 is 0 Å². The first-order chi connectivity index (χ1) is 6.90. The molecule has 3 rings (SSSR count). The van der Waals surface area contributed by atoms with E-state index in [1.807, 2.05) is 0 Å². The third-order valence-electron chi connectivity index (χ3n) is 3.46. The van der Waals surface area contributed by atoms with E-state index in [9.17, 15) is 0 Å². The number of halogens is 1. The lowest BCUT2D eigenvalue weighted by atomic mass is 9.86. The molecule has 0 aromatic rings. The summed E-state index contributed by atoms with van der Waals surface area (Å²) in [5.41, 5.74) is 0. The zero-order valence-electron chi connectivity index (χ0n) is 8.75. The van der Waals surface area contributed by atoms with Crippen LogP contribution < -0.4 is 0 Å². The van der Waals surface area contributed by atoms with Crippen LogP contribution in [0.5, 0.6) is 0 Å². The summed E-state index contributed by atoms with van der Waals surface area (Å²) in [7, 11) is 0. The summed E-state index contributed by atoms with van der Waals surface area (Å²) in [6, 6.07) is 0. The second kappa shape index (κ2) is 5.47. The highest BCUT2D eigenvalue weighted by molar-refractivity contribution is 9.09. The topological polar surface area (TPSA) is 12.5 Å². The van der Waals surface area contributed by atoms with E-state index in [0.717, 1.165) is 17.9 Å². The van der Waals surface area contributed by atoms with Gasteiger partial charge in [0, 0.05) is 18.5 Å². The maximum atomic E-state index is 5.96. The van der Waals surface area contributed by atoms with Gasteiger partial charge in [-0.25, -0.2) is 0 Å². The van der Waals surface area contributed by atoms with Crippen molar-refractivity contribution in [1.82, 2.24) is 4.90 Å². The number of piperidine rings is 3. The molecule has 3 heterocycles. The summed E-state index contributed by atoms with van der Waals surface area (Å²) in [6.45, 7) is 4.78. The third kappa shape index (κ3) is 2.71. The Labute approximate surface area is 95.1 Å². The molecule has 1 unspecified atom stereocenters. The third-order valence-corrected chi connectivity index (χ3v) is 4.02. The predicted molar refractivity (Wildman–Crippen MR) is 61.9 cm³/mol. The van der Waals surface area contributed by atoms with Crippen LogP contribution in [0.4, 0.5) is 0 Å². The Balaban J connectivity index is 1.66. The highest BCUT2D eigenvalue weighted by Crippen LogP contribution is 2.29. The number of hydrogen-bond acceptors (Lipinski definition) is 2. The van der Waals surface area contributed by atoms with Crippen molar-refractivity contribution in [3.8, 4) is 0 Å². The number of alkyl halides is 1. The number of fused-ring (bicyclic) bond motifs is 3. The van der Waals surface area contributed by atoms with E-state index in [1.165, 1.54) is 45.3 Å². The van der Waals surface area contributed by atoms with Crippen molar-refractivity contribution in [2.75, 3.05) is 31.6 Å². The van der Waals surface area contributed by atoms with E-state index in [-0.39, 0.29) is 0 Å². The molecule has 3 aliphatic heterocycles. The molecule has 0 radical (unpaired) electrons.